The first-order valence-electron chi connectivity index (χ1n) is 10.6. The highest BCUT2D eigenvalue weighted by Gasteiger charge is 2.35. The average molecular weight is 382 g/mol. The fourth-order valence-electron chi connectivity index (χ4n) is 5.07. The molecule has 28 heavy (non-hydrogen) atoms. The van der Waals surface area contributed by atoms with Crippen LogP contribution in [-0.2, 0) is 13.7 Å². The third kappa shape index (κ3) is 4.23. The first kappa shape index (κ1) is 19.0. The van der Waals surface area contributed by atoms with Crippen LogP contribution in [0, 0.1) is 17.8 Å². The Hall–Kier alpha value is -2.30. The topological polar surface area (TPSA) is 56.2 Å². The molecule has 1 aromatic heterocycles. The molecule has 1 amide bonds. The van der Waals surface area contributed by atoms with E-state index in [-0.39, 0.29) is 11.9 Å². The van der Waals surface area contributed by atoms with Crippen molar-refractivity contribution >= 4 is 5.91 Å². The minimum Gasteiger partial charge on any atom is -0.472 e. The molecule has 3 atom stereocenters. The van der Waals surface area contributed by atoms with Crippen molar-refractivity contribution < 1.29 is 9.53 Å². The van der Waals surface area contributed by atoms with Crippen molar-refractivity contribution in [2.75, 3.05) is 0 Å². The van der Waals surface area contributed by atoms with E-state index in [0.29, 0.717) is 24.0 Å². The fourth-order valence-corrected chi connectivity index (χ4v) is 5.07. The molecular formula is C23H31N3O2. The number of ether oxygens (including phenoxy) is 1. The summed E-state index contributed by atoms with van der Waals surface area (Å²) in [6.07, 6.45) is 9.64. The normalized spacial score (nSPS) is 25.1. The SMILES string of the molecule is CC(NC(=O)c1cnn(C)c1OCc1ccccc1)C1CC2CCCC(C2)C1. The molecule has 4 rings (SSSR count). The van der Waals surface area contributed by atoms with E-state index in [0.717, 1.165) is 17.4 Å². The highest BCUT2D eigenvalue weighted by atomic mass is 16.5. The highest BCUT2D eigenvalue weighted by Crippen LogP contribution is 2.43. The van der Waals surface area contributed by atoms with Crippen LogP contribution in [0.4, 0.5) is 0 Å². The summed E-state index contributed by atoms with van der Waals surface area (Å²) >= 11 is 0. The second kappa shape index (κ2) is 8.38. The molecule has 0 saturated heterocycles. The number of rotatable bonds is 6. The first-order valence-corrected chi connectivity index (χ1v) is 10.6. The van der Waals surface area contributed by atoms with Crippen molar-refractivity contribution in [2.24, 2.45) is 24.8 Å². The molecule has 2 saturated carbocycles. The van der Waals surface area contributed by atoms with Gasteiger partial charge >= 0.3 is 0 Å². The Labute approximate surface area is 167 Å². The maximum atomic E-state index is 12.9. The van der Waals surface area contributed by atoms with Crippen LogP contribution < -0.4 is 10.1 Å². The molecule has 2 aliphatic carbocycles. The molecule has 150 valence electrons. The third-order valence-corrected chi connectivity index (χ3v) is 6.58. The van der Waals surface area contributed by atoms with Gasteiger partial charge in [-0.3, -0.25) is 4.79 Å². The summed E-state index contributed by atoms with van der Waals surface area (Å²) in [6.45, 7) is 2.58. The molecule has 1 N–H and O–H groups in total. The molecule has 1 aromatic carbocycles. The highest BCUT2D eigenvalue weighted by molar-refractivity contribution is 5.96. The van der Waals surface area contributed by atoms with E-state index in [1.807, 2.05) is 37.4 Å². The van der Waals surface area contributed by atoms with Crippen molar-refractivity contribution in [1.29, 1.82) is 0 Å². The predicted octanol–water partition coefficient (Wildman–Crippen LogP) is 4.33. The van der Waals surface area contributed by atoms with Gasteiger partial charge in [0.1, 0.15) is 12.2 Å². The van der Waals surface area contributed by atoms with Crippen LogP contribution in [0.2, 0.25) is 0 Å². The molecule has 1 heterocycles. The molecular weight excluding hydrogens is 350 g/mol. The van der Waals surface area contributed by atoms with E-state index in [1.165, 1.54) is 38.5 Å². The predicted molar refractivity (Wildman–Crippen MR) is 109 cm³/mol. The van der Waals surface area contributed by atoms with Crippen LogP contribution in [0.5, 0.6) is 5.88 Å². The van der Waals surface area contributed by atoms with Crippen molar-refractivity contribution in [3.63, 3.8) is 0 Å². The van der Waals surface area contributed by atoms with Crippen LogP contribution in [0.1, 0.15) is 61.4 Å². The number of aryl methyl sites for hydroxylation is 1. The zero-order valence-electron chi connectivity index (χ0n) is 16.9. The Balaban J connectivity index is 1.39. The van der Waals surface area contributed by atoms with E-state index in [4.69, 9.17) is 4.74 Å². The number of benzene rings is 1. The molecule has 2 bridgehead atoms. The summed E-state index contributed by atoms with van der Waals surface area (Å²) in [5, 5.41) is 7.48. The van der Waals surface area contributed by atoms with Crippen molar-refractivity contribution in [3.05, 3.63) is 47.7 Å². The molecule has 2 aliphatic rings. The minimum atomic E-state index is -0.0839. The summed E-state index contributed by atoms with van der Waals surface area (Å²) in [7, 11) is 1.81. The van der Waals surface area contributed by atoms with Crippen LogP contribution in [0.15, 0.2) is 36.5 Å². The summed E-state index contributed by atoms with van der Waals surface area (Å²) in [4.78, 5) is 12.9. The van der Waals surface area contributed by atoms with Gasteiger partial charge < -0.3 is 10.1 Å². The largest absolute Gasteiger partial charge is 0.472 e. The van der Waals surface area contributed by atoms with E-state index in [2.05, 4.69) is 17.3 Å². The quantitative estimate of drug-likeness (QED) is 0.810. The first-order chi connectivity index (χ1) is 13.6. The Bertz CT molecular complexity index is 789. The number of aromatic nitrogens is 2. The van der Waals surface area contributed by atoms with E-state index in [1.54, 1.807) is 10.9 Å². The smallest absolute Gasteiger partial charge is 0.258 e. The van der Waals surface area contributed by atoms with E-state index < -0.39 is 0 Å². The maximum absolute atomic E-state index is 12.9. The van der Waals surface area contributed by atoms with Gasteiger partial charge in [0, 0.05) is 13.1 Å². The lowest BCUT2D eigenvalue weighted by Gasteiger charge is -2.41. The molecule has 2 aromatic rings. The maximum Gasteiger partial charge on any atom is 0.258 e. The van der Waals surface area contributed by atoms with Gasteiger partial charge in [0.25, 0.3) is 5.91 Å². The zero-order valence-corrected chi connectivity index (χ0v) is 16.9. The van der Waals surface area contributed by atoms with Gasteiger partial charge in [-0.25, -0.2) is 4.68 Å². The van der Waals surface area contributed by atoms with Crippen LogP contribution >= 0.6 is 0 Å². The fraction of sp³-hybridized carbons (Fsp3) is 0.565. The Kier molecular flexibility index (Phi) is 5.69. The lowest BCUT2D eigenvalue weighted by molar-refractivity contribution is 0.0850. The summed E-state index contributed by atoms with van der Waals surface area (Å²) in [6, 6.07) is 10.1. The van der Waals surface area contributed by atoms with Gasteiger partial charge in [0.05, 0.1) is 6.20 Å². The monoisotopic (exact) mass is 381 g/mol. The van der Waals surface area contributed by atoms with Gasteiger partial charge in [0.15, 0.2) is 0 Å². The molecule has 2 fully saturated rings. The zero-order chi connectivity index (χ0) is 19.5. The summed E-state index contributed by atoms with van der Waals surface area (Å²) in [5.41, 5.74) is 1.58. The van der Waals surface area contributed by atoms with Gasteiger partial charge in [0.2, 0.25) is 5.88 Å². The molecule has 0 spiro atoms. The van der Waals surface area contributed by atoms with Crippen molar-refractivity contribution in [3.8, 4) is 5.88 Å². The van der Waals surface area contributed by atoms with Crippen LogP contribution in [0.25, 0.3) is 0 Å². The lowest BCUT2D eigenvalue weighted by atomic mass is 9.66. The summed E-state index contributed by atoms with van der Waals surface area (Å²) in [5.74, 6) is 2.74. The van der Waals surface area contributed by atoms with Crippen molar-refractivity contribution in [1.82, 2.24) is 15.1 Å². The minimum absolute atomic E-state index is 0.0839. The molecule has 5 nitrogen and oxygen atoms in total. The Morgan fingerprint density at radius 2 is 1.93 bits per heavy atom. The number of carbonyl (C=O) groups is 1. The number of nitrogens with one attached hydrogen (secondary N) is 1. The number of hydrogen-bond acceptors (Lipinski definition) is 3. The molecule has 0 radical (unpaired) electrons. The standard InChI is InChI=1S/C23H31N3O2/c1-16(20-12-18-9-6-10-19(11-18)13-20)25-22(27)21-14-24-26(2)23(21)28-15-17-7-4-3-5-8-17/h3-5,7-8,14,16,18-20H,6,9-13,15H2,1-2H3,(H,25,27). The number of nitrogens with zero attached hydrogens (tertiary/aromatic N) is 2. The molecule has 3 unspecified atom stereocenters. The van der Waals surface area contributed by atoms with Crippen molar-refractivity contribution in [2.45, 2.75) is 58.1 Å². The second-order valence-electron chi connectivity index (χ2n) is 8.65. The molecule has 0 aliphatic heterocycles. The van der Waals surface area contributed by atoms with E-state index in [9.17, 15) is 4.79 Å². The van der Waals surface area contributed by atoms with Gasteiger partial charge in [-0.15, -0.1) is 0 Å². The van der Waals surface area contributed by atoms with E-state index >= 15 is 0 Å². The molecule has 5 heteroatoms. The lowest BCUT2D eigenvalue weighted by Crippen LogP contribution is -2.42. The Morgan fingerprint density at radius 3 is 2.64 bits per heavy atom. The van der Waals surface area contributed by atoms with Gasteiger partial charge in [-0.1, -0.05) is 49.6 Å². The van der Waals surface area contributed by atoms with Gasteiger partial charge in [-0.2, -0.15) is 5.10 Å². The van der Waals surface area contributed by atoms with Gasteiger partial charge in [-0.05, 0) is 49.5 Å². The summed E-state index contributed by atoms with van der Waals surface area (Å²) < 4.78 is 7.57. The van der Waals surface area contributed by atoms with Crippen LogP contribution in [0.3, 0.4) is 0 Å². The third-order valence-electron chi connectivity index (χ3n) is 6.58. The number of carbonyl (C=O) groups excluding carboxylic acids is 1. The number of amides is 1. The second-order valence-corrected chi connectivity index (χ2v) is 8.65. The number of fused-ring (bicyclic) bond motifs is 2. The Morgan fingerprint density at radius 1 is 1.21 bits per heavy atom. The van der Waals surface area contributed by atoms with Crippen LogP contribution in [-0.4, -0.2) is 21.7 Å². The average Bonchev–Trinajstić information content (AvgIpc) is 3.07. The number of hydrogen-bond donors (Lipinski definition) is 1.